The van der Waals surface area contributed by atoms with Gasteiger partial charge in [-0.2, -0.15) is 0 Å². The van der Waals surface area contributed by atoms with Crippen molar-refractivity contribution in [1.29, 1.82) is 0 Å². The highest BCUT2D eigenvalue weighted by Crippen LogP contribution is 2.27. The number of ether oxygens (including phenoxy) is 1. The Morgan fingerprint density at radius 2 is 1.93 bits per heavy atom. The standard InChI is InChI=1S/C22H27N3O3/c1-4-14(2)18-7-5-6-8-19(18)25-21(26)15(3)28-22(27)16-9-12-20(23-13-16)24-17-10-11-17/h5-9,12-15,17H,4,10-11H2,1-3H3,(H,23,24)(H,25,26). The van der Waals surface area contributed by atoms with Crippen LogP contribution in [0.3, 0.4) is 0 Å². The van der Waals surface area contributed by atoms with E-state index in [1.807, 2.05) is 24.3 Å². The van der Waals surface area contributed by atoms with Crippen molar-refractivity contribution in [2.45, 2.75) is 58.1 Å². The van der Waals surface area contributed by atoms with Crippen LogP contribution in [-0.2, 0) is 9.53 Å². The lowest BCUT2D eigenvalue weighted by Crippen LogP contribution is -2.30. The first-order valence-electron chi connectivity index (χ1n) is 9.81. The molecular formula is C22H27N3O3. The van der Waals surface area contributed by atoms with E-state index >= 15 is 0 Å². The summed E-state index contributed by atoms with van der Waals surface area (Å²) in [5.41, 5.74) is 2.14. The van der Waals surface area contributed by atoms with Crippen molar-refractivity contribution in [3.8, 4) is 0 Å². The number of para-hydroxylation sites is 1. The van der Waals surface area contributed by atoms with Gasteiger partial charge in [0.05, 0.1) is 5.56 Å². The van der Waals surface area contributed by atoms with E-state index < -0.39 is 12.1 Å². The molecule has 0 bridgehead atoms. The molecule has 1 saturated carbocycles. The van der Waals surface area contributed by atoms with Crippen LogP contribution in [0.25, 0.3) is 0 Å². The first kappa shape index (κ1) is 19.9. The van der Waals surface area contributed by atoms with Gasteiger partial charge in [-0.1, -0.05) is 32.0 Å². The minimum absolute atomic E-state index is 0.320. The molecule has 0 spiro atoms. The molecular weight excluding hydrogens is 354 g/mol. The maximum atomic E-state index is 12.5. The number of aromatic nitrogens is 1. The van der Waals surface area contributed by atoms with Crippen LogP contribution in [0.2, 0.25) is 0 Å². The zero-order valence-corrected chi connectivity index (χ0v) is 16.6. The monoisotopic (exact) mass is 381 g/mol. The minimum Gasteiger partial charge on any atom is -0.449 e. The molecule has 2 N–H and O–H groups in total. The van der Waals surface area contributed by atoms with E-state index in [1.54, 1.807) is 19.1 Å². The fourth-order valence-electron chi connectivity index (χ4n) is 2.81. The highest BCUT2D eigenvalue weighted by Gasteiger charge is 2.23. The lowest BCUT2D eigenvalue weighted by molar-refractivity contribution is -0.123. The van der Waals surface area contributed by atoms with E-state index in [0.717, 1.165) is 36.3 Å². The van der Waals surface area contributed by atoms with E-state index in [9.17, 15) is 9.59 Å². The number of amides is 1. The predicted octanol–water partition coefficient (Wildman–Crippen LogP) is 4.35. The van der Waals surface area contributed by atoms with Crippen LogP contribution in [0, 0.1) is 0 Å². The first-order chi connectivity index (χ1) is 13.5. The van der Waals surface area contributed by atoms with E-state index in [2.05, 4.69) is 29.5 Å². The first-order valence-corrected chi connectivity index (χ1v) is 9.81. The second kappa shape index (κ2) is 8.87. The van der Waals surface area contributed by atoms with Gasteiger partial charge in [-0.15, -0.1) is 0 Å². The van der Waals surface area contributed by atoms with Gasteiger partial charge in [0, 0.05) is 17.9 Å². The maximum absolute atomic E-state index is 12.5. The molecule has 28 heavy (non-hydrogen) atoms. The number of carbonyl (C=O) groups is 2. The Balaban J connectivity index is 1.58. The number of nitrogens with one attached hydrogen (secondary N) is 2. The highest BCUT2D eigenvalue weighted by molar-refractivity contribution is 5.97. The molecule has 1 fully saturated rings. The van der Waals surface area contributed by atoms with Gasteiger partial charge in [-0.05, 0) is 55.9 Å². The highest BCUT2D eigenvalue weighted by atomic mass is 16.5. The summed E-state index contributed by atoms with van der Waals surface area (Å²) in [7, 11) is 0. The molecule has 6 nitrogen and oxygen atoms in total. The average molecular weight is 381 g/mol. The summed E-state index contributed by atoms with van der Waals surface area (Å²) in [5, 5.41) is 6.14. The van der Waals surface area contributed by atoms with E-state index in [-0.39, 0.29) is 5.91 Å². The third kappa shape index (κ3) is 5.09. The van der Waals surface area contributed by atoms with E-state index in [1.165, 1.54) is 6.20 Å². The van der Waals surface area contributed by atoms with Crippen molar-refractivity contribution in [1.82, 2.24) is 4.98 Å². The molecule has 3 rings (SSSR count). The SMILES string of the molecule is CCC(C)c1ccccc1NC(=O)C(C)OC(=O)c1ccc(NC2CC2)nc1. The summed E-state index contributed by atoms with van der Waals surface area (Å²) < 4.78 is 5.32. The van der Waals surface area contributed by atoms with Crippen LogP contribution < -0.4 is 10.6 Å². The van der Waals surface area contributed by atoms with Gasteiger partial charge in [0.25, 0.3) is 5.91 Å². The second-order valence-electron chi connectivity index (χ2n) is 7.28. The molecule has 2 unspecified atom stereocenters. The number of carbonyl (C=O) groups excluding carboxylic acids is 2. The molecule has 2 aromatic rings. The van der Waals surface area contributed by atoms with Crippen molar-refractivity contribution in [3.05, 3.63) is 53.7 Å². The maximum Gasteiger partial charge on any atom is 0.340 e. The summed E-state index contributed by atoms with van der Waals surface area (Å²) in [6.07, 6.45) is 3.82. The van der Waals surface area contributed by atoms with E-state index in [0.29, 0.717) is 17.5 Å². The fraction of sp³-hybridized carbons (Fsp3) is 0.409. The summed E-state index contributed by atoms with van der Waals surface area (Å²) in [6.45, 7) is 5.78. The minimum atomic E-state index is -0.915. The molecule has 0 radical (unpaired) electrons. The average Bonchev–Trinajstić information content (AvgIpc) is 3.52. The number of rotatable bonds is 8. The molecule has 2 atom stereocenters. The molecule has 148 valence electrons. The molecule has 6 heteroatoms. The summed E-state index contributed by atoms with van der Waals surface area (Å²) in [6, 6.07) is 11.6. The lowest BCUT2D eigenvalue weighted by atomic mass is 9.97. The van der Waals surface area contributed by atoms with Crippen LogP contribution in [-0.4, -0.2) is 29.0 Å². The Hall–Kier alpha value is -2.89. The number of benzene rings is 1. The van der Waals surface area contributed by atoms with Crippen LogP contribution >= 0.6 is 0 Å². The number of esters is 1. The molecule has 1 amide bonds. The van der Waals surface area contributed by atoms with Crippen LogP contribution in [0.4, 0.5) is 11.5 Å². The lowest BCUT2D eigenvalue weighted by Gasteiger charge is -2.18. The third-order valence-corrected chi connectivity index (χ3v) is 4.94. The molecule has 1 aromatic carbocycles. The Bertz CT molecular complexity index is 831. The second-order valence-corrected chi connectivity index (χ2v) is 7.28. The molecule has 1 aliphatic rings. The van der Waals surface area contributed by atoms with Gasteiger partial charge in [-0.25, -0.2) is 9.78 Å². The number of pyridine rings is 1. The number of hydrogen-bond donors (Lipinski definition) is 2. The van der Waals surface area contributed by atoms with E-state index in [4.69, 9.17) is 4.74 Å². The topological polar surface area (TPSA) is 80.3 Å². The Morgan fingerprint density at radius 1 is 1.18 bits per heavy atom. The normalized spacial score (nSPS) is 15.4. The molecule has 0 saturated heterocycles. The summed E-state index contributed by atoms with van der Waals surface area (Å²) in [4.78, 5) is 29.1. The Kier molecular flexibility index (Phi) is 6.29. The summed E-state index contributed by atoms with van der Waals surface area (Å²) in [5.74, 6) is 0.141. The Morgan fingerprint density at radius 3 is 2.57 bits per heavy atom. The molecule has 1 heterocycles. The van der Waals surface area contributed by atoms with Gasteiger partial charge in [-0.3, -0.25) is 4.79 Å². The predicted molar refractivity (Wildman–Crippen MR) is 110 cm³/mol. The molecule has 1 aromatic heterocycles. The number of nitrogens with zero attached hydrogens (tertiary/aromatic N) is 1. The third-order valence-electron chi connectivity index (χ3n) is 4.94. The van der Waals surface area contributed by atoms with Crippen molar-refractivity contribution in [3.63, 3.8) is 0 Å². The van der Waals surface area contributed by atoms with Crippen molar-refractivity contribution in [2.75, 3.05) is 10.6 Å². The quantitative estimate of drug-likeness (QED) is 0.665. The zero-order chi connectivity index (χ0) is 20.1. The van der Waals surface area contributed by atoms with Gasteiger partial charge < -0.3 is 15.4 Å². The largest absolute Gasteiger partial charge is 0.449 e. The van der Waals surface area contributed by atoms with Gasteiger partial charge in [0.1, 0.15) is 5.82 Å². The van der Waals surface area contributed by atoms with Crippen molar-refractivity contribution < 1.29 is 14.3 Å². The van der Waals surface area contributed by atoms with Crippen LogP contribution in [0.15, 0.2) is 42.6 Å². The fourth-order valence-corrected chi connectivity index (χ4v) is 2.81. The number of anilines is 2. The van der Waals surface area contributed by atoms with Crippen molar-refractivity contribution >= 4 is 23.4 Å². The smallest absolute Gasteiger partial charge is 0.340 e. The molecule has 1 aliphatic carbocycles. The van der Waals surface area contributed by atoms with Gasteiger partial charge in [0.2, 0.25) is 0 Å². The number of hydrogen-bond acceptors (Lipinski definition) is 5. The van der Waals surface area contributed by atoms with Gasteiger partial charge in [0.15, 0.2) is 6.10 Å². The zero-order valence-electron chi connectivity index (χ0n) is 16.6. The molecule has 0 aliphatic heterocycles. The van der Waals surface area contributed by atoms with Crippen LogP contribution in [0.1, 0.15) is 61.9 Å². The summed E-state index contributed by atoms with van der Waals surface area (Å²) >= 11 is 0. The Labute approximate surface area is 165 Å². The van der Waals surface area contributed by atoms with Crippen molar-refractivity contribution in [2.24, 2.45) is 0 Å². The van der Waals surface area contributed by atoms with Gasteiger partial charge >= 0.3 is 5.97 Å². The van der Waals surface area contributed by atoms with Crippen LogP contribution in [0.5, 0.6) is 0 Å².